The molecule has 5 nitrogen and oxygen atoms in total. The van der Waals surface area contributed by atoms with Gasteiger partial charge in [-0.2, -0.15) is 0 Å². The molecule has 26 heavy (non-hydrogen) atoms. The fourth-order valence-corrected chi connectivity index (χ4v) is 2.52. The Bertz CT molecular complexity index is 849. The average molecular weight is 347 g/mol. The third-order valence-electron chi connectivity index (χ3n) is 3.90. The lowest BCUT2D eigenvalue weighted by Crippen LogP contribution is -2.28. The van der Waals surface area contributed by atoms with Crippen LogP contribution < -0.4 is 15.4 Å². The van der Waals surface area contributed by atoms with Crippen LogP contribution in [-0.2, 0) is 0 Å². The monoisotopic (exact) mass is 347 g/mol. The zero-order valence-electron chi connectivity index (χ0n) is 14.6. The molecule has 2 N–H and O–H groups in total. The molecular weight excluding hydrogens is 326 g/mol. The van der Waals surface area contributed by atoms with Crippen molar-refractivity contribution in [2.75, 3.05) is 25.5 Å². The van der Waals surface area contributed by atoms with E-state index in [4.69, 9.17) is 4.74 Å². The van der Waals surface area contributed by atoms with Crippen LogP contribution in [0.15, 0.2) is 72.9 Å². The summed E-state index contributed by atoms with van der Waals surface area (Å²) in [5.41, 5.74) is 3.32. The topological polar surface area (TPSA) is 63.2 Å². The largest absolute Gasteiger partial charge is 0.497 e. The fraction of sp³-hybridized carbons (Fsp3) is 0.143. The van der Waals surface area contributed by atoms with Gasteiger partial charge in [0.15, 0.2) is 0 Å². The number of benzene rings is 2. The van der Waals surface area contributed by atoms with Gasteiger partial charge in [-0.1, -0.05) is 30.3 Å². The summed E-state index contributed by atoms with van der Waals surface area (Å²) in [4.78, 5) is 16.6. The van der Waals surface area contributed by atoms with Crippen molar-refractivity contribution in [1.29, 1.82) is 0 Å². The van der Waals surface area contributed by atoms with Crippen molar-refractivity contribution in [3.63, 3.8) is 0 Å². The molecule has 5 heteroatoms. The standard InChI is InChI=1S/C21H21N3O2/c1-26-19-9-5-6-16(14-19)20-11-10-17(15-24-20)21(25)23-13-12-22-18-7-3-2-4-8-18/h2-11,14-15,22H,12-13H2,1H3,(H,23,25). The van der Waals surface area contributed by atoms with E-state index in [-0.39, 0.29) is 5.91 Å². The first kappa shape index (κ1) is 17.5. The first-order chi connectivity index (χ1) is 12.8. The SMILES string of the molecule is COc1cccc(-c2ccc(C(=O)NCCNc3ccccc3)cn2)c1. The van der Waals surface area contributed by atoms with E-state index >= 15 is 0 Å². The second-order valence-corrected chi connectivity index (χ2v) is 5.71. The van der Waals surface area contributed by atoms with E-state index in [2.05, 4.69) is 15.6 Å². The molecule has 2 aromatic carbocycles. The summed E-state index contributed by atoms with van der Waals surface area (Å²) in [6, 6.07) is 21.2. The molecule has 0 fully saturated rings. The Morgan fingerprint density at radius 3 is 2.58 bits per heavy atom. The molecule has 0 aliphatic carbocycles. The molecule has 0 aliphatic heterocycles. The number of aromatic nitrogens is 1. The van der Waals surface area contributed by atoms with Crippen LogP contribution in [0.1, 0.15) is 10.4 Å². The minimum absolute atomic E-state index is 0.135. The molecule has 0 atom stereocenters. The molecule has 0 radical (unpaired) electrons. The van der Waals surface area contributed by atoms with Crippen LogP contribution in [0.25, 0.3) is 11.3 Å². The number of carbonyl (C=O) groups is 1. The molecule has 1 heterocycles. The van der Waals surface area contributed by atoms with Gasteiger partial charge in [-0.3, -0.25) is 9.78 Å². The number of methoxy groups -OCH3 is 1. The van der Waals surface area contributed by atoms with E-state index in [1.165, 1.54) is 0 Å². The van der Waals surface area contributed by atoms with Crippen molar-refractivity contribution >= 4 is 11.6 Å². The van der Waals surface area contributed by atoms with Crippen LogP contribution in [0, 0.1) is 0 Å². The van der Waals surface area contributed by atoms with Gasteiger partial charge in [-0.15, -0.1) is 0 Å². The first-order valence-electron chi connectivity index (χ1n) is 8.44. The number of ether oxygens (including phenoxy) is 1. The summed E-state index contributed by atoms with van der Waals surface area (Å²) in [6.07, 6.45) is 1.59. The highest BCUT2D eigenvalue weighted by Crippen LogP contribution is 2.22. The normalized spacial score (nSPS) is 10.2. The fourth-order valence-electron chi connectivity index (χ4n) is 2.52. The highest BCUT2D eigenvalue weighted by Gasteiger charge is 2.07. The van der Waals surface area contributed by atoms with Crippen molar-refractivity contribution in [3.05, 3.63) is 78.5 Å². The predicted molar refractivity (Wildman–Crippen MR) is 103 cm³/mol. The number of amides is 1. The lowest BCUT2D eigenvalue weighted by Gasteiger charge is -2.08. The molecule has 0 spiro atoms. The summed E-state index contributed by atoms with van der Waals surface area (Å²) in [5, 5.41) is 6.14. The van der Waals surface area contributed by atoms with Crippen LogP contribution in [-0.4, -0.2) is 31.1 Å². The van der Waals surface area contributed by atoms with Gasteiger partial charge in [-0.25, -0.2) is 0 Å². The van der Waals surface area contributed by atoms with Gasteiger partial charge in [-0.05, 0) is 36.4 Å². The maximum absolute atomic E-state index is 12.2. The van der Waals surface area contributed by atoms with Crippen LogP contribution in [0.4, 0.5) is 5.69 Å². The Balaban J connectivity index is 1.53. The van der Waals surface area contributed by atoms with Crippen molar-refractivity contribution in [3.8, 4) is 17.0 Å². The lowest BCUT2D eigenvalue weighted by atomic mass is 10.1. The Morgan fingerprint density at radius 2 is 1.85 bits per heavy atom. The Kier molecular flexibility index (Phi) is 5.83. The van der Waals surface area contributed by atoms with Gasteiger partial charge in [0.2, 0.25) is 0 Å². The van der Waals surface area contributed by atoms with Crippen LogP contribution >= 0.6 is 0 Å². The molecular formula is C21H21N3O2. The van der Waals surface area contributed by atoms with E-state index < -0.39 is 0 Å². The minimum Gasteiger partial charge on any atom is -0.497 e. The highest BCUT2D eigenvalue weighted by molar-refractivity contribution is 5.94. The number of hydrogen-bond donors (Lipinski definition) is 2. The second-order valence-electron chi connectivity index (χ2n) is 5.71. The zero-order chi connectivity index (χ0) is 18.2. The number of hydrogen-bond acceptors (Lipinski definition) is 4. The Morgan fingerprint density at radius 1 is 1.00 bits per heavy atom. The van der Waals surface area contributed by atoms with E-state index in [1.54, 1.807) is 19.4 Å². The van der Waals surface area contributed by atoms with E-state index in [0.29, 0.717) is 18.7 Å². The molecule has 0 bridgehead atoms. The number of para-hydroxylation sites is 1. The number of anilines is 1. The molecule has 0 saturated carbocycles. The number of pyridine rings is 1. The minimum atomic E-state index is -0.135. The molecule has 132 valence electrons. The average Bonchev–Trinajstić information content (AvgIpc) is 2.72. The van der Waals surface area contributed by atoms with E-state index in [0.717, 1.165) is 22.7 Å². The summed E-state index contributed by atoms with van der Waals surface area (Å²) < 4.78 is 5.23. The van der Waals surface area contributed by atoms with Gasteiger partial charge in [0.1, 0.15) is 5.75 Å². The maximum atomic E-state index is 12.2. The van der Waals surface area contributed by atoms with Crippen molar-refractivity contribution < 1.29 is 9.53 Å². The van der Waals surface area contributed by atoms with Crippen molar-refractivity contribution in [2.24, 2.45) is 0 Å². The van der Waals surface area contributed by atoms with E-state index in [1.807, 2.05) is 60.7 Å². The molecule has 0 unspecified atom stereocenters. The van der Waals surface area contributed by atoms with Crippen LogP contribution in [0.3, 0.4) is 0 Å². The number of rotatable bonds is 7. The molecule has 0 saturated heterocycles. The van der Waals surface area contributed by atoms with Gasteiger partial charge < -0.3 is 15.4 Å². The smallest absolute Gasteiger partial charge is 0.252 e. The lowest BCUT2D eigenvalue weighted by molar-refractivity contribution is 0.0955. The Labute approximate surface area is 153 Å². The number of nitrogens with zero attached hydrogens (tertiary/aromatic N) is 1. The number of carbonyl (C=O) groups excluding carboxylic acids is 1. The van der Waals surface area contributed by atoms with Crippen molar-refractivity contribution in [1.82, 2.24) is 10.3 Å². The highest BCUT2D eigenvalue weighted by atomic mass is 16.5. The third kappa shape index (κ3) is 4.60. The Hall–Kier alpha value is -3.34. The summed E-state index contributed by atoms with van der Waals surface area (Å²) in [6.45, 7) is 1.19. The van der Waals surface area contributed by atoms with Gasteiger partial charge >= 0.3 is 0 Å². The second kappa shape index (κ2) is 8.67. The third-order valence-corrected chi connectivity index (χ3v) is 3.90. The predicted octanol–water partition coefficient (Wildman–Crippen LogP) is 3.60. The first-order valence-corrected chi connectivity index (χ1v) is 8.44. The van der Waals surface area contributed by atoms with E-state index in [9.17, 15) is 4.79 Å². The maximum Gasteiger partial charge on any atom is 0.252 e. The van der Waals surface area contributed by atoms with Gasteiger partial charge in [0, 0.05) is 30.5 Å². The van der Waals surface area contributed by atoms with Crippen LogP contribution in [0.2, 0.25) is 0 Å². The molecule has 3 rings (SSSR count). The molecule has 0 aliphatic rings. The van der Waals surface area contributed by atoms with Gasteiger partial charge in [0.05, 0.1) is 18.4 Å². The summed E-state index contributed by atoms with van der Waals surface area (Å²) in [7, 11) is 1.63. The zero-order valence-corrected chi connectivity index (χ0v) is 14.6. The number of nitrogens with one attached hydrogen (secondary N) is 2. The molecule has 1 aromatic heterocycles. The summed E-state index contributed by atoms with van der Waals surface area (Å²) in [5.74, 6) is 0.640. The quantitative estimate of drug-likeness (QED) is 0.641. The molecule has 1 amide bonds. The van der Waals surface area contributed by atoms with Gasteiger partial charge in [0.25, 0.3) is 5.91 Å². The molecule has 3 aromatic rings. The van der Waals surface area contributed by atoms with Crippen molar-refractivity contribution in [2.45, 2.75) is 0 Å². The van der Waals surface area contributed by atoms with Crippen LogP contribution in [0.5, 0.6) is 5.75 Å². The summed E-state index contributed by atoms with van der Waals surface area (Å²) >= 11 is 0.